The summed E-state index contributed by atoms with van der Waals surface area (Å²) < 4.78 is 52.4. The molecule has 0 bridgehead atoms. The van der Waals surface area contributed by atoms with Crippen molar-refractivity contribution in [3.63, 3.8) is 0 Å². The number of benzene rings is 3. The normalized spacial score (nSPS) is 14.9. The standard InChI is InChI=1S/C31H34F2N2O6/c1-38-26-17-24(18-27(39-2)28(26)40-3)31(32,33)29(36)35-16-10-15-25(35)21-41-30(37)34(19-22-11-6-4-7-12-22)20-23-13-8-5-9-14-23/h4-9,11-14,17-18,25H,10,15-16,19-21H2,1-3H3. The van der Waals surface area contributed by atoms with Gasteiger partial charge in [-0.1, -0.05) is 60.7 Å². The third-order valence-electron chi connectivity index (χ3n) is 7.02. The molecule has 1 heterocycles. The van der Waals surface area contributed by atoms with Gasteiger partial charge in [0.2, 0.25) is 5.75 Å². The van der Waals surface area contributed by atoms with Gasteiger partial charge in [0, 0.05) is 25.2 Å². The zero-order valence-electron chi connectivity index (χ0n) is 23.3. The van der Waals surface area contributed by atoms with E-state index in [1.807, 2.05) is 60.7 Å². The van der Waals surface area contributed by atoms with Crippen LogP contribution in [0.3, 0.4) is 0 Å². The number of hydrogen-bond donors (Lipinski definition) is 0. The Bertz CT molecular complexity index is 1260. The molecule has 0 spiro atoms. The summed E-state index contributed by atoms with van der Waals surface area (Å²) in [5.74, 6) is -5.10. The molecule has 1 fully saturated rings. The first-order valence-corrected chi connectivity index (χ1v) is 13.3. The molecule has 8 nitrogen and oxygen atoms in total. The van der Waals surface area contributed by atoms with Crippen molar-refractivity contribution < 1.29 is 37.3 Å². The van der Waals surface area contributed by atoms with Gasteiger partial charge in [0.1, 0.15) is 6.61 Å². The summed E-state index contributed by atoms with van der Waals surface area (Å²) in [6, 6.07) is 20.4. The number of likely N-dealkylation sites (tertiary alicyclic amines) is 1. The molecule has 0 aromatic heterocycles. The Kier molecular flexibility index (Phi) is 9.65. The number of halogens is 2. The first-order valence-electron chi connectivity index (χ1n) is 13.3. The summed E-state index contributed by atoms with van der Waals surface area (Å²) >= 11 is 0. The molecule has 1 aliphatic rings. The fourth-order valence-corrected chi connectivity index (χ4v) is 4.89. The number of carbonyl (C=O) groups is 2. The van der Waals surface area contributed by atoms with E-state index < -0.39 is 29.5 Å². The zero-order chi connectivity index (χ0) is 29.4. The quantitative estimate of drug-likeness (QED) is 0.298. The summed E-state index contributed by atoms with van der Waals surface area (Å²) in [6.45, 7) is 0.539. The average Bonchev–Trinajstić information content (AvgIpc) is 3.47. The number of methoxy groups -OCH3 is 3. The van der Waals surface area contributed by atoms with Gasteiger partial charge >= 0.3 is 12.0 Å². The minimum absolute atomic E-state index is 0.0122. The van der Waals surface area contributed by atoms with Crippen LogP contribution in [0.2, 0.25) is 0 Å². The van der Waals surface area contributed by atoms with Crippen molar-refractivity contribution in [3.8, 4) is 17.2 Å². The summed E-state index contributed by atoms with van der Waals surface area (Å²) in [5, 5.41) is 0. The van der Waals surface area contributed by atoms with E-state index in [0.717, 1.165) is 28.2 Å². The fraction of sp³-hybridized carbons (Fsp3) is 0.355. The van der Waals surface area contributed by atoms with E-state index in [0.29, 0.717) is 25.9 Å². The topological polar surface area (TPSA) is 77.5 Å². The lowest BCUT2D eigenvalue weighted by molar-refractivity contribution is -0.160. The Balaban J connectivity index is 1.48. The highest BCUT2D eigenvalue weighted by Gasteiger charge is 2.48. The van der Waals surface area contributed by atoms with E-state index in [9.17, 15) is 9.59 Å². The van der Waals surface area contributed by atoms with Crippen LogP contribution in [0.1, 0.15) is 29.5 Å². The van der Waals surface area contributed by atoms with Crippen LogP contribution in [0, 0.1) is 0 Å². The SMILES string of the molecule is COc1cc(C(F)(F)C(=O)N2CCCC2COC(=O)N(Cc2ccccc2)Cc2ccccc2)cc(OC)c1OC. The van der Waals surface area contributed by atoms with E-state index in [4.69, 9.17) is 18.9 Å². The van der Waals surface area contributed by atoms with Crippen molar-refractivity contribution >= 4 is 12.0 Å². The highest BCUT2D eigenvalue weighted by atomic mass is 19.3. The number of amides is 2. The molecule has 2 amide bonds. The van der Waals surface area contributed by atoms with Crippen LogP contribution in [0.15, 0.2) is 72.8 Å². The Morgan fingerprint density at radius 1 is 0.878 bits per heavy atom. The highest BCUT2D eigenvalue weighted by molar-refractivity contribution is 5.86. The molecule has 1 saturated heterocycles. The maximum absolute atomic E-state index is 15.6. The largest absolute Gasteiger partial charge is 0.493 e. The third kappa shape index (κ3) is 6.87. The van der Waals surface area contributed by atoms with Gasteiger partial charge in [0.15, 0.2) is 11.5 Å². The van der Waals surface area contributed by atoms with E-state index in [2.05, 4.69) is 0 Å². The van der Waals surface area contributed by atoms with E-state index in [-0.39, 0.29) is 30.4 Å². The Morgan fingerprint density at radius 2 is 1.41 bits per heavy atom. The van der Waals surface area contributed by atoms with Gasteiger partial charge in [-0.2, -0.15) is 8.78 Å². The zero-order valence-corrected chi connectivity index (χ0v) is 23.3. The predicted octanol–water partition coefficient (Wildman–Crippen LogP) is 5.63. The smallest absolute Gasteiger partial charge is 0.410 e. The van der Waals surface area contributed by atoms with Gasteiger partial charge in [-0.05, 0) is 36.1 Å². The van der Waals surface area contributed by atoms with Gasteiger partial charge in [0.25, 0.3) is 5.91 Å². The van der Waals surface area contributed by atoms with Crippen LogP contribution < -0.4 is 14.2 Å². The predicted molar refractivity (Wildman–Crippen MR) is 148 cm³/mol. The van der Waals surface area contributed by atoms with Crippen molar-refractivity contribution in [2.24, 2.45) is 0 Å². The summed E-state index contributed by atoms with van der Waals surface area (Å²) in [6.07, 6.45) is 0.354. The van der Waals surface area contributed by atoms with Gasteiger partial charge in [0.05, 0.1) is 27.4 Å². The second-order valence-corrected chi connectivity index (χ2v) is 9.69. The van der Waals surface area contributed by atoms with Crippen LogP contribution in [-0.4, -0.2) is 62.3 Å². The number of carbonyl (C=O) groups excluding carboxylic acids is 2. The van der Waals surface area contributed by atoms with Crippen LogP contribution in [0.25, 0.3) is 0 Å². The maximum Gasteiger partial charge on any atom is 0.410 e. The molecule has 3 aromatic carbocycles. The molecule has 41 heavy (non-hydrogen) atoms. The van der Waals surface area contributed by atoms with Crippen molar-refractivity contribution in [2.45, 2.75) is 37.9 Å². The lowest BCUT2D eigenvalue weighted by Crippen LogP contribution is -2.46. The van der Waals surface area contributed by atoms with Gasteiger partial charge < -0.3 is 23.8 Å². The molecule has 10 heteroatoms. The number of nitrogens with zero attached hydrogens (tertiary/aromatic N) is 2. The van der Waals surface area contributed by atoms with E-state index in [1.165, 1.54) is 21.3 Å². The van der Waals surface area contributed by atoms with Gasteiger partial charge in [-0.3, -0.25) is 9.69 Å². The molecule has 1 aliphatic heterocycles. The number of ether oxygens (including phenoxy) is 4. The molecular weight excluding hydrogens is 534 g/mol. The third-order valence-corrected chi connectivity index (χ3v) is 7.02. The molecule has 0 radical (unpaired) electrons. The van der Waals surface area contributed by atoms with Gasteiger partial charge in [-0.25, -0.2) is 4.79 Å². The summed E-state index contributed by atoms with van der Waals surface area (Å²) in [7, 11) is 3.98. The first-order chi connectivity index (χ1) is 19.8. The van der Waals surface area contributed by atoms with Crippen LogP contribution >= 0.6 is 0 Å². The minimum atomic E-state index is -3.88. The molecule has 0 aliphatic carbocycles. The monoisotopic (exact) mass is 568 g/mol. The fourth-order valence-electron chi connectivity index (χ4n) is 4.89. The van der Waals surface area contributed by atoms with Crippen LogP contribution in [0.4, 0.5) is 13.6 Å². The molecule has 218 valence electrons. The molecule has 1 atom stereocenters. The van der Waals surface area contributed by atoms with Crippen molar-refractivity contribution in [1.29, 1.82) is 0 Å². The maximum atomic E-state index is 15.6. The number of hydrogen-bond acceptors (Lipinski definition) is 6. The average molecular weight is 569 g/mol. The second kappa shape index (κ2) is 13.3. The number of alkyl halides is 2. The van der Waals surface area contributed by atoms with E-state index in [1.54, 1.807) is 4.90 Å². The van der Waals surface area contributed by atoms with E-state index >= 15 is 8.78 Å². The minimum Gasteiger partial charge on any atom is -0.493 e. The molecule has 4 rings (SSSR count). The molecule has 3 aromatic rings. The Labute approximate surface area is 238 Å². The number of rotatable bonds is 11. The summed E-state index contributed by atoms with van der Waals surface area (Å²) in [5.41, 5.74) is 1.25. The highest BCUT2D eigenvalue weighted by Crippen LogP contribution is 2.43. The molecule has 0 saturated carbocycles. The lowest BCUT2D eigenvalue weighted by Gasteiger charge is -2.30. The second-order valence-electron chi connectivity index (χ2n) is 9.69. The Morgan fingerprint density at radius 3 is 1.90 bits per heavy atom. The molecule has 1 unspecified atom stereocenters. The first kappa shape index (κ1) is 29.6. The van der Waals surface area contributed by atoms with Crippen LogP contribution in [0.5, 0.6) is 17.2 Å². The van der Waals surface area contributed by atoms with Crippen molar-refractivity contribution in [3.05, 3.63) is 89.5 Å². The molecular formula is C31H34F2N2O6. The van der Waals surface area contributed by atoms with Gasteiger partial charge in [-0.15, -0.1) is 0 Å². The van der Waals surface area contributed by atoms with Crippen LogP contribution in [-0.2, 0) is 28.5 Å². The van der Waals surface area contributed by atoms with Crippen molar-refractivity contribution in [1.82, 2.24) is 9.80 Å². The van der Waals surface area contributed by atoms with Crippen molar-refractivity contribution in [2.75, 3.05) is 34.5 Å². The lowest BCUT2D eigenvalue weighted by atomic mass is 10.0. The Hall–Kier alpha value is -4.34. The molecule has 0 N–H and O–H groups in total. The summed E-state index contributed by atoms with van der Waals surface area (Å²) in [4.78, 5) is 29.1.